The lowest BCUT2D eigenvalue weighted by Gasteiger charge is -2.13. The highest BCUT2D eigenvalue weighted by molar-refractivity contribution is 7.99. The number of hydrogen-bond acceptors (Lipinski definition) is 6. The molecule has 0 aliphatic heterocycles. The van der Waals surface area contributed by atoms with Crippen LogP contribution >= 0.6 is 11.8 Å². The minimum atomic E-state index is -0.202. The maximum Gasteiger partial charge on any atom is 0.305 e. The molecule has 1 unspecified atom stereocenters. The Hall–Kier alpha value is -3.51. The molecule has 1 heterocycles. The minimum Gasteiger partial charge on any atom is -0.493 e. The molecule has 4 rings (SSSR count). The molecular weight excluding hydrogens is 470 g/mol. The first-order valence-corrected chi connectivity index (χ1v) is 12.8. The van der Waals surface area contributed by atoms with Gasteiger partial charge in [-0.3, -0.25) is 4.79 Å². The van der Waals surface area contributed by atoms with Crippen LogP contribution in [0.5, 0.6) is 5.75 Å². The monoisotopic (exact) mass is 501 g/mol. The average Bonchev–Trinajstić information content (AvgIpc) is 3.28. The minimum absolute atomic E-state index is 0.0516. The first-order chi connectivity index (χ1) is 17.4. The van der Waals surface area contributed by atoms with Crippen LogP contribution in [0.2, 0.25) is 0 Å². The van der Waals surface area contributed by atoms with Gasteiger partial charge in [-0.15, -0.1) is 0 Å². The van der Waals surface area contributed by atoms with E-state index in [0.717, 1.165) is 38.8 Å². The largest absolute Gasteiger partial charge is 0.493 e. The molecule has 0 spiro atoms. The van der Waals surface area contributed by atoms with Crippen molar-refractivity contribution in [2.24, 2.45) is 0 Å². The Balaban J connectivity index is 1.44. The molecule has 0 saturated heterocycles. The number of rotatable bonds is 10. The first kappa shape index (κ1) is 25.6. The maximum absolute atomic E-state index is 11.4. The van der Waals surface area contributed by atoms with Crippen molar-refractivity contribution in [2.45, 2.75) is 49.3 Å². The SMILES string of the molecule is COC(=O)CCc1ccc(OCC(C)c2nc(-c3ccccc3Sc3ccccc3)oc2C)cc1C. The molecule has 5 nitrogen and oxygen atoms in total. The average molecular weight is 502 g/mol. The summed E-state index contributed by atoms with van der Waals surface area (Å²) in [6, 6.07) is 24.4. The molecule has 0 amide bonds. The second kappa shape index (κ2) is 12.0. The number of aryl methyl sites for hydroxylation is 3. The summed E-state index contributed by atoms with van der Waals surface area (Å²) in [5, 5.41) is 0. The molecule has 1 aromatic heterocycles. The third kappa shape index (κ3) is 6.38. The zero-order valence-electron chi connectivity index (χ0n) is 21.1. The van der Waals surface area contributed by atoms with Gasteiger partial charge in [0, 0.05) is 22.1 Å². The predicted molar refractivity (Wildman–Crippen MR) is 143 cm³/mol. The molecule has 0 fully saturated rings. The van der Waals surface area contributed by atoms with E-state index in [0.29, 0.717) is 25.3 Å². The second-order valence-electron chi connectivity index (χ2n) is 8.75. The zero-order valence-corrected chi connectivity index (χ0v) is 21.9. The fourth-order valence-corrected chi connectivity index (χ4v) is 4.97. The van der Waals surface area contributed by atoms with Crippen molar-refractivity contribution in [3.05, 3.63) is 95.4 Å². The van der Waals surface area contributed by atoms with Crippen LogP contribution in [0.25, 0.3) is 11.5 Å². The summed E-state index contributed by atoms with van der Waals surface area (Å²) in [6.07, 6.45) is 1.02. The summed E-state index contributed by atoms with van der Waals surface area (Å²) in [4.78, 5) is 18.6. The normalized spacial score (nSPS) is 11.8. The zero-order chi connectivity index (χ0) is 25.5. The van der Waals surface area contributed by atoms with E-state index < -0.39 is 0 Å². The number of oxazole rings is 1. The van der Waals surface area contributed by atoms with E-state index >= 15 is 0 Å². The van der Waals surface area contributed by atoms with E-state index in [1.807, 2.05) is 68.4 Å². The van der Waals surface area contributed by atoms with Gasteiger partial charge in [-0.05, 0) is 67.8 Å². The van der Waals surface area contributed by atoms with Crippen molar-refractivity contribution in [3.63, 3.8) is 0 Å². The summed E-state index contributed by atoms with van der Waals surface area (Å²) >= 11 is 1.70. The van der Waals surface area contributed by atoms with Crippen molar-refractivity contribution >= 4 is 17.7 Å². The fraction of sp³-hybridized carbons (Fsp3) is 0.267. The molecule has 0 aliphatic rings. The summed E-state index contributed by atoms with van der Waals surface area (Å²) in [6.45, 7) is 6.56. The topological polar surface area (TPSA) is 61.6 Å². The fourth-order valence-electron chi connectivity index (χ4n) is 4.01. The van der Waals surface area contributed by atoms with Crippen LogP contribution in [0.4, 0.5) is 0 Å². The van der Waals surface area contributed by atoms with Gasteiger partial charge in [-0.1, -0.05) is 55.1 Å². The third-order valence-electron chi connectivity index (χ3n) is 6.03. The second-order valence-corrected chi connectivity index (χ2v) is 9.86. The molecule has 3 aromatic carbocycles. The van der Waals surface area contributed by atoms with E-state index in [2.05, 4.69) is 25.1 Å². The Morgan fingerprint density at radius 2 is 1.78 bits per heavy atom. The highest BCUT2D eigenvalue weighted by Gasteiger charge is 2.20. The number of aromatic nitrogens is 1. The Morgan fingerprint density at radius 1 is 1.03 bits per heavy atom. The van der Waals surface area contributed by atoms with E-state index in [9.17, 15) is 4.79 Å². The summed E-state index contributed by atoms with van der Waals surface area (Å²) in [5.41, 5.74) is 4.09. The van der Waals surface area contributed by atoms with E-state index in [4.69, 9.17) is 18.9 Å². The van der Waals surface area contributed by atoms with Crippen LogP contribution in [0.15, 0.2) is 87.0 Å². The Kier molecular flexibility index (Phi) is 8.49. The van der Waals surface area contributed by atoms with Gasteiger partial charge in [0.15, 0.2) is 0 Å². The summed E-state index contributed by atoms with van der Waals surface area (Å²) in [5.74, 6) is 2.07. The number of esters is 1. The molecule has 0 N–H and O–H groups in total. The maximum atomic E-state index is 11.4. The van der Waals surface area contributed by atoms with Gasteiger partial charge < -0.3 is 13.9 Å². The third-order valence-corrected chi connectivity index (χ3v) is 7.11. The molecular formula is C30H31NO4S. The van der Waals surface area contributed by atoms with Gasteiger partial charge in [0.05, 0.1) is 25.0 Å². The van der Waals surface area contributed by atoms with Crippen LogP contribution in [0, 0.1) is 13.8 Å². The molecule has 186 valence electrons. The summed E-state index contributed by atoms with van der Waals surface area (Å²) in [7, 11) is 1.41. The lowest BCUT2D eigenvalue weighted by molar-refractivity contribution is -0.140. The number of nitrogens with zero attached hydrogens (tertiary/aromatic N) is 1. The van der Waals surface area contributed by atoms with Crippen LogP contribution in [-0.2, 0) is 16.0 Å². The highest BCUT2D eigenvalue weighted by Crippen LogP contribution is 2.37. The van der Waals surface area contributed by atoms with Gasteiger partial charge in [-0.2, -0.15) is 0 Å². The van der Waals surface area contributed by atoms with Gasteiger partial charge in [0.25, 0.3) is 0 Å². The molecule has 36 heavy (non-hydrogen) atoms. The molecule has 1 atom stereocenters. The Bertz CT molecular complexity index is 1320. The number of methoxy groups -OCH3 is 1. The van der Waals surface area contributed by atoms with Gasteiger partial charge in [-0.25, -0.2) is 4.98 Å². The quantitative estimate of drug-likeness (QED) is 0.211. The number of ether oxygens (including phenoxy) is 2. The van der Waals surface area contributed by atoms with Crippen LogP contribution in [0.1, 0.15) is 41.8 Å². The first-order valence-electron chi connectivity index (χ1n) is 12.0. The highest BCUT2D eigenvalue weighted by atomic mass is 32.2. The van der Waals surface area contributed by atoms with Crippen LogP contribution in [0.3, 0.4) is 0 Å². The van der Waals surface area contributed by atoms with E-state index in [1.165, 1.54) is 12.0 Å². The van der Waals surface area contributed by atoms with Crippen molar-refractivity contribution in [3.8, 4) is 17.2 Å². The molecule has 0 bridgehead atoms. The van der Waals surface area contributed by atoms with Crippen molar-refractivity contribution < 1.29 is 18.7 Å². The van der Waals surface area contributed by atoms with E-state index in [1.54, 1.807) is 11.8 Å². The number of hydrogen-bond donors (Lipinski definition) is 0. The molecule has 0 aliphatic carbocycles. The molecule has 6 heteroatoms. The van der Waals surface area contributed by atoms with Crippen LogP contribution in [-0.4, -0.2) is 24.7 Å². The smallest absolute Gasteiger partial charge is 0.305 e. The van der Waals surface area contributed by atoms with Gasteiger partial charge in [0.1, 0.15) is 11.5 Å². The summed E-state index contributed by atoms with van der Waals surface area (Å²) < 4.78 is 17.0. The molecule has 0 radical (unpaired) electrons. The molecule has 0 saturated carbocycles. The standard InChI is InChI=1S/C30H31NO4S/c1-20-18-24(16-14-23(20)15-17-28(32)33-4)34-19-21(2)29-22(3)35-30(31-29)26-12-8-9-13-27(26)36-25-10-6-5-7-11-25/h5-14,16,18,21H,15,17,19H2,1-4H3. The Labute approximate surface area is 216 Å². The number of carbonyl (C=O) groups excluding carboxylic acids is 1. The lowest BCUT2D eigenvalue weighted by atomic mass is 10.0. The van der Waals surface area contributed by atoms with Crippen molar-refractivity contribution in [1.29, 1.82) is 0 Å². The number of carbonyl (C=O) groups is 1. The van der Waals surface area contributed by atoms with Crippen molar-refractivity contribution in [1.82, 2.24) is 4.98 Å². The van der Waals surface area contributed by atoms with E-state index in [-0.39, 0.29) is 11.9 Å². The molecule has 4 aromatic rings. The van der Waals surface area contributed by atoms with Gasteiger partial charge >= 0.3 is 5.97 Å². The van der Waals surface area contributed by atoms with Crippen molar-refractivity contribution in [2.75, 3.05) is 13.7 Å². The van der Waals surface area contributed by atoms with Crippen LogP contribution < -0.4 is 4.74 Å². The van der Waals surface area contributed by atoms with Gasteiger partial charge in [0.2, 0.25) is 5.89 Å². The number of benzene rings is 3. The Morgan fingerprint density at radius 3 is 2.53 bits per heavy atom. The lowest BCUT2D eigenvalue weighted by Crippen LogP contribution is -2.09. The predicted octanol–water partition coefficient (Wildman–Crippen LogP) is 7.40.